The molecule has 0 heterocycles. The number of aromatic hydroxyl groups is 1. The van der Waals surface area contributed by atoms with Gasteiger partial charge in [-0.15, -0.1) is 0 Å². The van der Waals surface area contributed by atoms with Crippen molar-refractivity contribution in [1.82, 2.24) is 5.32 Å². The van der Waals surface area contributed by atoms with Gasteiger partial charge in [0.2, 0.25) is 5.91 Å². The van der Waals surface area contributed by atoms with Crippen LogP contribution in [0.1, 0.15) is 46.6 Å². The Hall–Kier alpha value is -1.55. The summed E-state index contributed by atoms with van der Waals surface area (Å²) in [7, 11) is 0. The van der Waals surface area contributed by atoms with E-state index in [4.69, 9.17) is 5.73 Å². The van der Waals surface area contributed by atoms with Crippen LogP contribution in [0.2, 0.25) is 0 Å². The molecular weight excluding hydrogens is 264 g/mol. The molecule has 0 saturated heterocycles. The SMILES string of the molecule is CC(C)(C)CC(C)(C)NC(=O)C(N)Cc1ccc(O)cc1. The van der Waals surface area contributed by atoms with Crippen LogP contribution in [0.25, 0.3) is 0 Å². The Morgan fingerprint density at radius 3 is 2.19 bits per heavy atom. The molecule has 0 spiro atoms. The smallest absolute Gasteiger partial charge is 0.237 e. The lowest BCUT2D eigenvalue weighted by Gasteiger charge is -2.34. The van der Waals surface area contributed by atoms with Crippen LogP contribution in [0.5, 0.6) is 5.75 Å². The van der Waals surface area contributed by atoms with Crippen molar-refractivity contribution in [2.75, 3.05) is 0 Å². The zero-order valence-corrected chi connectivity index (χ0v) is 13.7. The van der Waals surface area contributed by atoms with Crippen molar-refractivity contribution >= 4 is 5.91 Å². The van der Waals surface area contributed by atoms with Crippen molar-refractivity contribution in [3.8, 4) is 5.75 Å². The third-order valence-electron chi connectivity index (χ3n) is 3.16. The molecule has 1 unspecified atom stereocenters. The highest BCUT2D eigenvalue weighted by Gasteiger charge is 2.28. The molecule has 4 N–H and O–H groups in total. The summed E-state index contributed by atoms with van der Waals surface area (Å²) in [5, 5.41) is 12.3. The van der Waals surface area contributed by atoms with Gasteiger partial charge in [0.15, 0.2) is 0 Å². The Morgan fingerprint density at radius 1 is 1.19 bits per heavy atom. The van der Waals surface area contributed by atoms with Crippen LogP contribution < -0.4 is 11.1 Å². The van der Waals surface area contributed by atoms with Crippen LogP contribution in [-0.4, -0.2) is 22.6 Å². The van der Waals surface area contributed by atoms with E-state index in [1.165, 1.54) is 0 Å². The number of phenols is 1. The molecule has 1 aromatic carbocycles. The predicted molar refractivity (Wildman–Crippen MR) is 86.1 cm³/mol. The number of benzene rings is 1. The molecule has 21 heavy (non-hydrogen) atoms. The van der Waals surface area contributed by atoms with Crippen molar-refractivity contribution in [3.05, 3.63) is 29.8 Å². The van der Waals surface area contributed by atoms with Crippen molar-refractivity contribution in [2.24, 2.45) is 11.1 Å². The lowest BCUT2D eigenvalue weighted by atomic mass is 9.81. The summed E-state index contributed by atoms with van der Waals surface area (Å²) in [6.07, 6.45) is 1.33. The first-order chi connectivity index (χ1) is 9.48. The van der Waals surface area contributed by atoms with Gasteiger partial charge in [0.25, 0.3) is 0 Å². The van der Waals surface area contributed by atoms with E-state index in [1.807, 2.05) is 13.8 Å². The van der Waals surface area contributed by atoms with E-state index >= 15 is 0 Å². The second-order valence-corrected chi connectivity index (χ2v) is 7.59. The minimum atomic E-state index is -0.589. The largest absolute Gasteiger partial charge is 0.508 e. The summed E-state index contributed by atoms with van der Waals surface area (Å²) in [4.78, 5) is 12.2. The van der Waals surface area contributed by atoms with Gasteiger partial charge >= 0.3 is 0 Å². The fraction of sp³-hybridized carbons (Fsp3) is 0.588. The summed E-state index contributed by atoms with van der Waals surface area (Å²) in [6.45, 7) is 10.5. The minimum Gasteiger partial charge on any atom is -0.508 e. The maximum Gasteiger partial charge on any atom is 0.237 e. The lowest BCUT2D eigenvalue weighted by Crippen LogP contribution is -2.52. The molecule has 4 nitrogen and oxygen atoms in total. The quantitative estimate of drug-likeness (QED) is 0.781. The van der Waals surface area contributed by atoms with E-state index in [9.17, 15) is 9.90 Å². The maximum absolute atomic E-state index is 12.2. The number of hydrogen-bond donors (Lipinski definition) is 3. The van der Waals surface area contributed by atoms with Crippen LogP contribution in [0, 0.1) is 5.41 Å². The van der Waals surface area contributed by atoms with E-state index in [2.05, 4.69) is 26.1 Å². The molecule has 1 rings (SSSR count). The van der Waals surface area contributed by atoms with Gasteiger partial charge in [0, 0.05) is 5.54 Å². The summed E-state index contributed by atoms with van der Waals surface area (Å²) in [6, 6.07) is 6.17. The highest BCUT2D eigenvalue weighted by atomic mass is 16.3. The van der Waals surface area contributed by atoms with Gasteiger partial charge in [-0.3, -0.25) is 4.79 Å². The Morgan fingerprint density at radius 2 is 1.71 bits per heavy atom. The number of carbonyl (C=O) groups excluding carboxylic acids is 1. The first kappa shape index (κ1) is 17.5. The van der Waals surface area contributed by atoms with Crippen molar-refractivity contribution in [3.63, 3.8) is 0 Å². The van der Waals surface area contributed by atoms with E-state index < -0.39 is 6.04 Å². The molecule has 0 radical (unpaired) electrons. The topological polar surface area (TPSA) is 75.4 Å². The number of amides is 1. The molecule has 0 saturated carbocycles. The standard InChI is InChI=1S/C17H28N2O2/c1-16(2,3)11-17(4,5)19-15(21)14(18)10-12-6-8-13(20)9-7-12/h6-9,14,20H,10-11,18H2,1-5H3,(H,19,21). The first-order valence-corrected chi connectivity index (χ1v) is 7.34. The van der Waals surface area contributed by atoms with Gasteiger partial charge in [0.05, 0.1) is 6.04 Å². The number of hydrogen-bond acceptors (Lipinski definition) is 3. The molecule has 4 heteroatoms. The fourth-order valence-corrected chi connectivity index (χ4v) is 2.77. The molecule has 0 aromatic heterocycles. The third kappa shape index (κ3) is 6.63. The van der Waals surface area contributed by atoms with Crippen LogP contribution in [-0.2, 0) is 11.2 Å². The Bertz CT molecular complexity index is 473. The molecule has 0 aliphatic carbocycles. The number of carbonyl (C=O) groups is 1. The average Bonchev–Trinajstić information content (AvgIpc) is 2.28. The Kier molecular flexibility index (Phi) is 5.40. The molecule has 1 atom stereocenters. The Balaban J connectivity index is 2.60. The van der Waals surface area contributed by atoms with Crippen molar-refractivity contribution in [2.45, 2.75) is 59.0 Å². The second kappa shape index (κ2) is 6.48. The fourth-order valence-electron chi connectivity index (χ4n) is 2.77. The van der Waals surface area contributed by atoms with Crippen molar-refractivity contribution in [1.29, 1.82) is 0 Å². The van der Waals surface area contributed by atoms with Crippen LogP contribution >= 0.6 is 0 Å². The molecular formula is C17H28N2O2. The third-order valence-corrected chi connectivity index (χ3v) is 3.16. The molecule has 0 fully saturated rings. The van der Waals surface area contributed by atoms with Crippen LogP contribution in [0.15, 0.2) is 24.3 Å². The predicted octanol–water partition coefficient (Wildman–Crippen LogP) is 2.59. The van der Waals surface area contributed by atoms with Crippen LogP contribution in [0.4, 0.5) is 0 Å². The van der Waals surface area contributed by atoms with Gasteiger partial charge < -0.3 is 16.2 Å². The van der Waals surface area contributed by atoms with Crippen molar-refractivity contribution < 1.29 is 9.90 Å². The molecule has 1 amide bonds. The number of phenolic OH excluding ortho intramolecular Hbond substituents is 1. The van der Waals surface area contributed by atoms with Gasteiger partial charge in [-0.1, -0.05) is 32.9 Å². The van der Waals surface area contributed by atoms with E-state index in [0.717, 1.165) is 12.0 Å². The normalized spacial score (nSPS) is 13.8. The molecule has 0 bridgehead atoms. The summed E-state index contributed by atoms with van der Waals surface area (Å²) in [5.74, 6) is 0.0698. The first-order valence-electron chi connectivity index (χ1n) is 7.34. The van der Waals surface area contributed by atoms with Gasteiger partial charge in [-0.2, -0.15) is 0 Å². The lowest BCUT2D eigenvalue weighted by molar-refractivity contribution is -0.124. The number of nitrogens with one attached hydrogen (secondary N) is 1. The highest BCUT2D eigenvalue weighted by molar-refractivity contribution is 5.82. The molecule has 118 valence electrons. The summed E-state index contributed by atoms with van der Waals surface area (Å²) < 4.78 is 0. The van der Waals surface area contributed by atoms with Gasteiger partial charge in [-0.25, -0.2) is 0 Å². The summed E-state index contributed by atoms with van der Waals surface area (Å²) >= 11 is 0. The van der Waals surface area contributed by atoms with Gasteiger partial charge in [-0.05, 0) is 49.8 Å². The summed E-state index contributed by atoms with van der Waals surface area (Å²) in [5.41, 5.74) is 6.76. The second-order valence-electron chi connectivity index (χ2n) is 7.59. The van der Waals surface area contributed by atoms with E-state index in [1.54, 1.807) is 24.3 Å². The molecule has 0 aliphatic heterocycles. The molecule has 0 aliphatic rings. The maximum atomic E-state index is 12.2. The van der Waals surface area contributed by atoms with E-state index in [0.29, 0.717) is 6.42 Å². The zero-order valence-electron chi connectivity index (χ0n) is 13.7. The number of nitrogens with two attached hydrogens (primary N) is 1. The number of rotatable bonds is 5. The average molecular weight is 292 g/mol. The minimum absolute atomic E-state index is 0.137. The van der Waals surface area contributed by atoms with Crippen LogP contribution in [0.3, 0.4) is 0 Å². The van der Waals surface area contributed by atoms with Gasteiger partial charge in [0.1, 0.15) is 5.75 Å². The van der Waals surface area contributed by atoms with E-state index in [-0.39, 0.29) is 22.6 Å². The monoisotopic (exact) mass is 292 g/mol. The molecule has 1 aromatic rings. The zero-order chi connectivity index (χ0) is 16.3. The highest BCUT2D eigenvalue weighted by Crippen LogP contribution is 2.26. The Labute approximate surface area is 127 Å².